The van der Waals surface area contributed by atoms with Gasteiger partial charge < -0.3 is 11.5 Å². The summed E-state index contributed by atoms with van der Waals surface area (Å²) in [5, 5.41) is 15.4. The Kier molecular flexibility index (Phi) is 5.84. The van der Waals surface area contributed by atoms with E-state index in [1.807, 2.05) is 0 Å². The summed E-state index contributed by atoms with van der Waals surface area (Å²) in [6, 6.07) is 10.8. The fourth-order valence-electron chi connectivity index (χ4n) is 3.70. The van der Waals surface area contributed by atoms with Crippen LogP contribution < -0.4 is 17.0 Å². The molecule has 13 heteroatoms. The van der Waals surface area contributed by atoms with Crippen LogP contribution in [0.15, 0.2) is 53.3 Å². The molecule has 0 aliphatic heterocycles. The number of alkyl halides is 3. The molecule has 4 aromatic rings. The van der Waals surface area contributed by atoms with E-state index in [4.69, 9.17) is 11.5 Å². The van der Waals surface area contributed by atoms with Crippen LogP contribution in [0, 0.1) is 0 Å². The lowest BCUT2D eigenvalue weighted by Crippen LogP contribution is -2.28. The summed E-state index contributed by atoms with van der Waals surface area (Å²) in [6.45, 7) is 1.53. The zero-order valence-electron chi connectivity index (χ0n) is 18.5. The molecule has 35 heavy (non-hydrogen) atoms. The highest BCUT2D eigenvalue weighted by Gasteiger charge is 2.32. The third-order valence-electron chi connectivity index (χ3n) is 5.44. The van der Waals surface area contributed by atoms with Gasteiger partial charge in [0.05, 0.1) is 11.3 Å². The summed E-state index contributed by atoms with van der Waals surface area (Å²) < 4.78 is 42.2. The van der Waals surface area contributed by atoms with Crippen LogP contribution in [0.25, 0.3) is 17.1 Å². The predicted octanol–water partition coefficient (Wildman–Crippen LogP) is 2.27. The maximum Gasteiger partial charge on any atom is 0.416 e. The third kappa shape index (κ3) is 4.60. The first-order chi connectivity index (χ1) is 16.5. The van der Waals surface area contributed by atoms with Gasteiger partial charge in [0.2, 0.25) is 0 Å². The zero-order chi connectivity index (χ0) is 25.5. The quantitative estimate of drug-likeness (QED) is 0.413. The van der Waals surface area contributed by atoms with Crippen LogP contribution >= 0.6 is 0 Å². The Balaban J connectivity index is 1.83. The fourth-order valence-corrected chi connectivity index (χ4v) is 3.70. The first-order valence-corrected chi connectivity index (χ1v) is 10.2. The molecule has 180 valence electrons. The summed E-state index contributed by atoms with van der Waals surface area (Å²) in [5.74, 6) is -1.36. The molecule has 0 spiro atoms. The highest BCUT2D eigenvalue weighted by molar-refractivity contribution is 5.92. The summed E-state index contributed by atoms with van der Waals surface area (Å²) in [6.07, 6.45) is -4.62. The maximum atomic E-state index is 13.3. The number of halogens is 3. The van der Waals surface area contributed by atoms with Gasteiger partial charge in [-0.3, -0.25) is 9.59 Å². The molecule has 0 saturated carbocycles. The molecule has 0 saturated heterocycles. The van der Waals surface area contributed by atoms with Crippen molar-refractivity contribution in [2.75, 3.05) is 5.73 Å². The number of aromatic nitrogens is 6. The van der Waals surface area contributed by atoms with Gasteiger partial charge in [-0.2, -0.15) is 23.0 Å². The number of hydrogen-bond acceptors (Lipinski definition) is 7. The molecular formula is C22H19F3N8O2. The van der Waals surface area contributed by atoms with Crippen molar-refractivity contribution in [1.82, 2.24) is 30.0 Å². The third-order valence-corrected chi connectivity index (χ3v) is 5.44. The molecule has 2 heterocycles. The highest BCUT2D eigenvalue weighted by atomic mass is 19.4. The average Bonchev–Trinajstić information content (AvgIpc) is 3.23. The predicted molar refractivity (Wildman–Crippen MR) is 120 cm³/mol. The zero-order valence-corrected chi connectivity index (χ0v) is 18.5. The van der Waals surface area contributed by atoms with Crippen LogP contribution in [0.2, 0.25) is 0 Å². The van der Waals surface area contributed by atoms with Crippen molar-refractivity contribution in [1.29, 1.82) is 0 Å². The van der Waals surface area contributed by atoms with Crippen molar-refractivity contribution < 1.29 is 18.0 Å². The molecule has 0 fully saturated rings. The van der Waals surface area contributed by atoms with E-state index in [0.29, 0.717) is 17.1 Å². The normalized spacial score (nSPS) is 12.5. The lowest BCUT2D eigenvalue weighted by atomic mass is 9.90. The SMILES string of the molecule is CC(c1cc(N)cc(C(F)(F)F)c1)c1cc(=O)n(-c2cccc(-c3nnnn3C)c2)nc1C(N)=O. The molecule has 4 N–H and O–H groups in total. The lowest BCUT2D eigenvalue weighted by Gasteiger charge is -2.18. The number of nitrogens with zero attached hydrogens (tertiary/aromatic N) is 6. The largest absolute Gasteiger partial charge is 0.416 e. The minimum atomic E-state index is -4.62. The molecular weight excluding hydrogens is 465 g/mol. The Labute approximate surface area is 196 Å². The molecule has 0 aliphatic carbocycles. The van der Waals surface area contributed by atoms with Gasteiger partial charge in [0.15, 0.2) is 11.5 Å². The highest BCUT2D eigenvalue weighted by Crippen LogP contribution is 2.35. The lowest BCUT2D eigenvalue weighted by molar-refractivity contribution is -0.137. The number of carbonyl (C=O) groups is 1. The Hall–Kier alpha value is -4.55. The summed E-state index contributed by atoms with van der Waals surface area (Å²) in [7, 11) is 1.65. The van der Waals surface area contributed by atoms with Gasteiger partial charge in [0, 0.05) is 30.3 Å². The van der Waals surface area contributed by atoms with Crippen molar-refractivity contribution in [3.8, 4) is 17.1 Å². The molecule has 10 nitrogen and oxygen atoms in total. The Bertz CT molecular complexity index is 1490. The first kappa shape index (κ1) is 23.6. The van der Waals surface area contributed by atoms with Gasteiger partial charge in [-0.25, -0.2) is 4.68 Å². The molecule has 2 aromatic heterocycles. The van der Waals surface area contributed by atoms with E-state index in [-0.39, 0.29) is 22.5 Å². The molecule has 4 rings (SSSR count). The molecule has 1 amide bonds. The standard InChI is InChI=1S/C22H19F3N8O2/c1-11(13-6-14(22(23,24)25)9-15(26)7-13)17-10-18(34)33(29-19(17)20(27)35)16-5-3-4-12(8-16)21-28-30-31-32(21)2/h3-11H,26H2,1-2H3,(H2,27,35). The van der Waals surface area contributed by atoms with Gasteiger partial charge in [-0.05, 0) is 51.9 Å². The number of aryl methyl sites for hydroxylation is 1. The summed E-state index contributed by atoms with van der Waals surface area (Å²) >= 11 is 0. The number of hydrogen-bond donors (Lipinski definition) is 2. The average molecular weight is 484 g/mol. The van der Waals surface area contributed by atoms with E-state index in [9.17, 15) is 22.8 Å². The van der Waals surface area contributed by atoms with Crippen molar-refractivity contribution in [2.45, 2.75) is 19.0 Å². The molecule has 1 atom stereocenters. The van der Waals surface area contributed by atoms with Crippen LogP contribution in [-0.4, -0.2) is 35.9 Å². The monoisotopic (exact) mass is 484 g/mol. The first-order valence-electron chi connectivity index (χ1n) is 10.2. The number of tetrazole rings is 1. The summed E-state index contributed by atoms with van der Waals surface area (Å²) in [5.41, 5.74) is 10.4. The molecule has 0 radical (unpaired) electrons. The van der Waals surface area contributed by atoms with E-state index in [1.165, 1.54) is 17.7 Å². The second-order valence-electron chi connectivity index (χ2n) is 7.85. The van der Waals surface area contributed by atoms with E-state index in [1.54, 1.807) is 31.3 Å². The number of nitrogens with two attached hydrogens (primary N) is 2. The van der Waals surface area contributed by atoms with Gasteiger partial charge in [-0.1, -0.05) is 19.1 Å². The van der Waals surface area contributed by atoms with Gasteiger partial charge in [0.1, 0.15) is 0 Å². The van der Waals surface area contributed by atoms with Crippen molar-refractivity contribution in [3.05, 3.63) is 81.3 Å². The fraction of sp³-hybridized carbons (Fsp3) is 0.182. The van der Waals surface area contributed by atoms with Crippen LogP contribution in [-0.2, 0) is 13.2 Å². The minimum absolute atomic E-state index is 0.0751. The van der Waals surface area contributed by atoms with Gasteiger partial charge in [0.25, 0.3) is 11.5 Å². The smallest absolute Gasteiger partial charge is 0.399 e. The molecule has 2 aromatic carbocycles. The van der Waals surface area contributed by atoms with Crippen molar-refractivity contribution >= 4 is 11.6 Å². The van der Waals surface area contributed by atoms with Crippen LogP contribution in [0.1, 0.15) is 40.0 Å². The maximum absolute atomic E-state index is 13.3. The number of anilines is 1. The van der Waals surface area contributed by atoms with E-state index in [2.05, 4.69) is 20.6 Å². The van der Waals surface area contributed by atoms with Crippen LogP contribution in [0.3, 0.4) is 0 Å². The van der Waals surface area contributed by atoms with Crippen LogP contribution in [0.4, 0.5) is 18.9 Å². The second-order valence-corrected chi connectivity index (χ2v) is 7.85. The number of primary amides is 1. The molecule has 0 aliphatic rings. The minimum Gasteiger partial charge on any atom is -0.399 e. The van der Waals surface area contributed by atoms with E-state index in [0.717, 1.165) is 22.9 Å². The number of nitrogen functional groups attached to an aromatic ring is 1. The number of benzene rings is 2. The number of carbonyl (C=O) groups excluding carboxylic acids is 1. The van der Waals surface area contributed by atoms with E-state index >= 15 is 0 Å². The Morgan fingerprint density at radius 3 is 2.49 bits per heavy atom. The summed E-state index contributed by atoms with van der Waals surface area (Å²) in [4.78, 5) is 25.3. The molecule has 0 bridgehead atoms. The van der Waals surface area contributed by atoms with Crippen molar-refractivity contribution in [3.63, 3.8) is 0 Å². The topological polar surface area (TPSA) is 148 Å². The van der Waals surface area contributed by atoms with Crippen molar-refractivity contribution in [2.24, 2.45) is 12.8 Å². The second kappa shape index (κ2) is 8.66. The Morgan fingerprint density at radius 1 is 1.11 bits per heavy atom. The molecule has 1 unspecified atom stereocenters. The van der Waals surface area contributed by atoms with Gasteiger partial charge >= 0.3 is 6.18 Å². The van der Waals surface area contributed by atoms with Crippen LogP contribution in [0.5, 0.6) is 0 Å². The number of amides is 1. The van der Waals surface area contributed by atoms with Gasteiger partial charge in [-0.15, -0.1) is 5.10 Å². The number of rotatable bonds is 5. The Morgan fingerprint density at radius 2 is 1.86 bits per heavy atom. The van der Waals surface area contributed by atoms with E-state index < -0.39 is 29.1 Å².